The first-order valence-electron chi connectivity index (χ1n) is 7.45. The molecule has 0 bridgehead atoms. The SMILES string of the molecule is CC1=C(P(c2ccccc2)c2ccccc2)CCCC1.[B]. The third-order valence-electron chi connectivity index (χ3n) is 4.01. The summed E-state index contributed by atoms with van der Waals surface area (Å²) in [6.07, 6.45) is 5.28. The van der Waals surface area contributed by atoms with Crippen molar-refractivity contribution in [2.75, 3.05) is 0 Å². The molecule has 0 atom stereocenters. The summed E-state index contributed by atoms with van der Waals surface area (Å²) in [6, 6.07) is 22.1. The maximum atomic E-state index is 2.34. The van der Waals surface area contributed by atoms with E-state index >= 15 is 0 Å². The fourth-order valence-electron chi connectivity index (χ4n) is 2.96. The summed E-state index contributed by atoms with van der Waals surface area (Å²) in [5, 5.41) is 4.69. The third-order valence-corrected chi connectivity index (χ3v) is 6.78. The minimum absolute atomic E-state index is 0. The summed E-state index contributed by atoms with van der Waals surface area (Å²) in [5.74, 6) is 0. The van der Waals surface area contributed by atoms with Gasteiger partial charge in [-0.3, -0.25) is 0 Å². The van der Waals surface area contributed by atoms with Crippen molar-refractivity contribution in [3.05, 3.63) is 71.6 Å². The average Bonchev–Trinajstić information content (AvgIpc) is 2.52. The van der Waals surface area contributed by atoms with Crippen LogP contribution in [-0.4, -0.2) is 8.41 Å². The smallest absolute Gasteiger partial charge is 0 e. The van der Waals surface area contributed by atoms with Crippen LogP contribution in [0.3, 0.4) is 0 Å². The Morgan fingerprint density at radius 1 is 0.714 bits per heavy atom. The quantitative estimate of drug-likeness (QED) is 0.573. The van der Waals surface area contributed by atoms with Crippen molar-refractivity contribution >= 4 is 26.9 Å². The van der Waals surface area contributed by atoms with E-state index in [9.17, 15) is 0 Å². The monoisotopic (exact) mass is 291 g/mol. The van der Waals surface area contributed by atoms with Gasteiger partial charge in [0.2, 0.25) is 0 Å². The molecule has 0 amide bonds. The summed E-state index contributed by atoms with van der Waals surface area (Å²) in [4.78, 5) is 0. The Morgan fingerprint density at radius 2 is 1.19 bits per heavy atom. The predicted molar refractivity (Wildman–Crippen MR) is 96.0 cm³/mol. The Hall–Kier alpha value is -1.33. The molecule has 0 nitrogen and oxygen atoms in total. The van der Waals surface area contributed by atoms with Crippen molar-refractivity contribution < 1.29 is 0 Å². The zero-order valence-corrected chi connectivity index (χ0v) is 13.5. The highest BCUT2D eigenvalue weighted by Crippen LogP contribution is 2.49. The van der Waals surface area contributed by atoms with Crippen LogP contribution in [0.5, 0.6) is 0 Å². The van der Waals surface area contributed by atoms with Gasteiger partial charge in [0, 0.05) is 8.41 Å². The van der Waals surface area contributed by atoms with E-state index in [2.05, 4.69) is 67.6 Å². The Balaban J connectivity index is 0.00000161. The molecule has 0 aromatic heterocycles. The fraction of sp³-hybridized carbons (Fsp3) is 0.263. The molecule has 0 heterocycles. The molecule has 0 unspecified atom stereocenters. The highest BCUT2D eigenvalue weighted by Gasteiger charge is 2.22. The molecule has 0 fully saturated rings. The number of hydrogen-bond acceptors (Lipinski definition) is 0. The van der Waals surface area contributed by atoms with Crippen molar-refractivity contribution in [3.8, 4) is 0 Å². The Bertz CT molecular complexity index is 550. The lowest BCUT2D eigenvalue weighted by Crippen LogP contribution is -2.15. The number of allylic oxidation sites excluding steroid dienone is 2. The lowest BCUT2D eigenvalue weighted by molar-refractivity contribution is 0.693. The maximum Gasteiger partial charge on any atom is 0 e. The van der Waals surface area contributed by atoms with Gasteiger partial charge in [-0.25, -0.2) is 0 Å². The molecule has 1 aliphatic rings. The lowest BCUT2D eigenvalue weighted by Gasteiger charge is -2.27. The topological polar surface area (TPSA) is 0 Å². The predicted octanol–water partition coefficient (Wildman–Crippen LogP) is 4.59. The Kier molecular flexibility index (Phi) is 5.82. The minimum atomic E-state index is -0.329. The molecule has 2 heteroatoms. The number of benzene rings is 2. The largest absolute Gasteiger partial charge is 0.0690 e. The molecule has 3 rings (SSSR count). The van der Waals surface area contributed by atoms with E-state index in [4.69, 9.17) is 0 Å². The Morgan fingerprint density at radius 3 is 1.67 bits per heavy atom. The summed E-state index contributed by atoms with van der Waals surface area (Å²) in [5.41, 5.74) is 1.63. The summed E-state index contributed by atoms with van der Waals surface area (Å²) >= 11 is 0. The lowest BCUT2D eigenvalue weighted by atomic mass is 10.0. The minimum Gasteiger partial charge on any atom is -0.0690 e. The third kappa shape index (κ3) is 3.66. The van der Waals surface area contributed by atoms with E-state index < -0.39 is 0 Å². The molecule has 21 heavy (non-hydrogen) atoms. The summed E-state index contributed by atoms with van der Waals surface area (Å²) < 4.78 is 0. The standard InChI is InChI=1S/C19H21P.B/c1-16-10-8-9-15-19(16)20(17-11-4-2-5-12-17)18-13-6-3-7-14-18;/h2-7,11-14H,8-10,15H2,1H3;. The van der Waals surface area contributed by atoms with Gasteiger partial charge in [0.25, 0.3) is 0 Å². The molecule has 2 aromatic carbocycles. The van der Waals surface area contributed by atoms with E-state index in [-0.39, 0.29) is 16.3 Å². The molecule has 3 radical (unpaired) electrons. The summed E-state index contributed by atoms with van der Waals surface area (Å²) in [7, 11) is -0.329. The van der Waals surface area contributed by atoms with Crippen LogP contribution < -0.4 is 10.6 Å². The number of rotatable bonds is 3. The zero-order chi connectivity index (χ0) is 13.8. The summed E-state index contributed by atoms with van der Waals surface area (Å²) in [6.45, 7) is 2.34. The van der Waals surface area contributed by atoms with Crippen LogP contribution in [0.4, 0.5) is 0 Å². The van der Waals surface area contributed by atoms with Crippen LogP contribution in [-0.2, 0) is 0 Å². The fourth-order valence-corrected chi connectivity index (χ4v) is 5.70. The van der Waals surface area contributed by atoms with E-state index in [1.54, 1.807) is 10.9 Å². The zero-order valence-electron chi connectivity index (χ0n) is 12.6. The van der Waals surface area contributed by atoms with Crippen LogP contribution in [0, 0.1) is 0 Å². The van der Waals surface area contributed by atoms with Gasteiger partial charge in [0.15, 0.2) is 0 Å². The van der Waals surface area contributed by atoms with Gasteiger partial charge in [-0.2, -0.15) is 0 Å². The van der Waals surface area contributed by atoms with Gasteiger partial charge in [0.05, 0.1) is 0 Å². The van der Waals surface area contributed by atoms with Crippen molar-refractivity contribution in [1.29, 1.82) is 0 Å². The van der Waals surface area contributed by atoms with Crippen LogP contribution in [0.2, 0.25) is 0 Å². The second kappa shape index (κ2) is 7.62. The molecule has 0 aliphatic heterocycles. The first-order chi connectivity index (χ1) is 9.86. The van der Waals surface area contributed by atoms with Gasteiger partial charge in [-0.05, 0) is 56.5 Å². The molecule has 2 aromatic rings. The van der Waals surface area contributed by atoms with Gasteiger partial charge in [-0.1, -0.05) is 66.2 Å². The van der Waals surface area contributed by atoms with Crippen molar-refractivity contribution in [3.63, 3.8) is 0 Å². The van der Waals surface area contributed by atoms with E-state index in [1.807, 2.05) is 0 Å². The van der Waals surface area contributed by atoms with Crippen molar-refractivity contribution in [2.24, 2.45) is 0 Å². The maximum absolute atomic E-state index is 2.34. The molecule has 1 aliphatic carbocycles. The molecule has 0 saturated heterocycles. The van der Waals surface area contributed by atoms with E-state index in [1.165, 1.54) is 36.3 Å². The molecular formula is C19H21BP. The second-order valence-electron chi connectivity index (χ2n) is 5.44. The molecule has 0 saturated carbocycles. The Labute approximate surface area is 131 Å². The van der Waals surface area contributed by atoms with Crippen molar-refractivity contribution in [1.82, 2.24) is 0 Å². The highest BCUT2D eigenvalue weighted by molar-refractivity contribution is 7.76. The van der Waals surface area contributed by atoms with Crippen LogP contribution in [0.1, 0.15) is 32.6 Å². The second-order valence-corrected chi connectivity index (χ2v) is 7.68. The molecule has 0 N–H and O–H groups in total. The number of hydrogen-bond donors (Lipinski definition) is 0. The highest BCUT2D eigenvalue weighted by atomic mass is 31.1. The molecule has 105 valence electrons. The van der Waals surface area contributed by atoms with Crippen LogP contribution in [0.25, 0.3) is 0 Å². The van der Waals surface area contributed by atoms with E-state index in [0.29, 0.717) is 0 Å². The normalized spacial score (nSPS) is 15.0. The van der Waals surface area contributed by atoms with Crippen LogP contribution >= 0.6 is 7.92 Å². The van der Waals surface area contributed by atoms with E-state index in [0.717, 1.165) is 0 Å². The average molecular weight is 291 g/mol. The first-order valence-corrected chi connectivity index (χ1v) is 8.79. The van der Waals surface area contributed by atoms with Gasteiger partial charge >= 0.3 is 0 Å². The van der Waals surface area contributed by atoms with Gasteiger partial charge < -0.3 is 0 Å². The van der Waals surface area contributed by atoms with Crippen LogP contribution in [0.15, 0.2) is 71.6 Å². The molecular weight excluding hydrogens is 270 g/mol. The first kappa shape index (κ1) is 16.1. The molecule has 0 spiro atoms. The van der Waals surface area contributed by atoms with Crippen molar-refractivity contribution in [2.45, 2.75) is 32.6 Å². The van der Waals surface area contributed by atoms with Gasteiger partial charge in [-0.15, -0.1) is 0 Å². The van der Waals surface area contributed by atoms with Gasteiger partial charge in [0.1, 0.15) is 0 Å².